The van der Waals surface area contributed by atoms with E-state index in [1.165, 1.54) is 25.7 Å². The van der Waals surface area contributed by atoms with Crippen LogP contribution in [0.2, 0.25) is 0 Å². The van der Waals surface area contributed by atoms with E-state index in [1.807, 2.05) is 0 Å². The lowest BCUT2D eigenvalue weighted by molar-refractivity contribution is -0.133. The highest BCUT2D eigenvalue weighted by atomic mass is 127. The van der Waals surface area contributed by atoms with Crippen LogP contribution in [0.3, 0.4) is 0 Å². The lowest BCUT2D eigenvalue weighted by atomic mass is 10.1. The van der Waals surface area contributed by atoms with Crippen LogP contribution in [0.1, 0.15) is 45.4 Å². The Morgan fingerprint density at radius 1 is 1.47 bits per heavy atom. The van der Waals surface area contributed by atoms with Crippen LogP contribution in [0.15, 0.2) is 0 Å². The minimum absolute atomic E-state index is 0.000872. The molecule has 0 radical (unpaired) electrons. The molecule has 0 saturated carbocycles. The Morgan fingerprint density at radius 3 is 2.71 bits per heavy atom. The number of carbonyl (C=O) groups excluding carboxylic acids is 2. The maximum absolute atomic E-state index is 11.7. The summed E-state index contributed by atoms with van der Waals surface area (Å²) in [5, 5.41) is 5.37. The predicted molar refractivity (Wildman–Crippen MR) is 76.1 cm³/mol. The summed E-state index contributed by atoms with van der Waals surface area (Å²) in [5.41, 5.74) is 0. The number of rotatable bonds is 8. The van der Waals surface area contributed by atoms with E-state index in [0.29, 0.717) is 6.54 Å². The topological polar surface area (TPSA) is 58.2 Å². The Kier molecular flexibility index (Phi) is 6.84. The summed E-state index contributed by atoms with van der Waals surface area (Å²) in [7, 11) is 0. The molecule has 4 nitrogen and oxygen atoms in total. The zero-order valence-electron chi connectivity index (χ0n) is 10.3. The van der Waals surface area contributed by atoms with E-state index in [-0.39, 0.29) is 21.8 Å². The molecule has 2 atom stereocenters. The first-order valence-corrected chi connectivity index (χ1v) is 7.62. The molecule has 17 heavy (non-hydrogen) atoms. The number of amides is 2. The van der Waals surface area contributed by atoms with E-state index in [0.717, 1.165) is 12.8 Å². The molecule has 1 fully saturated rings. The number of unbranched alkanes of at least 4 members (excludes halogenated alkanes) is 4. The van der Waals surface area contributed by atoms with Crippen molar-refractivity contribution in [1.29, 1.82) is 0 Å². The highest BCUT2D eigenvalue weighted by Crippen LogP contribution is 2.14. The summed E-state index contributed by atoms with van der Waals surface area (Å²) in [6.45, 7) is 2.77. The fourth-order valence-corrected chi connectivity index (χ4v) is 2.34. The molecule has 1 aliphatic heterocycles. The first-order chi connectivity index (χ1) is 8.15. The van der Waals surface area contributed by atoms with Crippen molar-refractivity contribution >= 4 is 34.4 Å². The molecule has 1 heterocycles. The van der Waals surface area contributed by atoms with Crippen LogP contribution in [0.5, 0.6) is 0 Å². The van der Waals surface area contributed by atoms with Crippen LogP contribution in [0, 0.1) is 0 Å². The second-order valence-corrected chi connectivity index (χ2v) is 5.98. The third-order valence-electron chi connectivity index (χ3n) is 2.96. The van der Waals surface area contributed by atoms with Crippen LogP contribution in [0.25, 0.3) is 0 Å². The van der Waals surface area contributed by atoms with Gasteiger partial charge in [0.2, 0.25) is 11.8 Å². The number of halogens is 1. The van der Waals surface area contributed by atoms with Gasteiger partial charge in [-0.1, -0.05) is 61.6 Å². The number of hydrogen-bond donors (Lipinski definition) is 2. The molecule has 1 rings (SSSR count). The maximum Gasteiger partial charge on any atom is 0.244 e. The van der Waals surface area contributed by atoms with Gasteiger partial charge in [-0.15, -0.1) is 0 Å². The molecular weight excluding hydrogens is 331 g/mol. The Hall–Kier alpha value is -0.330. The van der Waals surface area contributed by atoms with Crippen molar-refractivity contribution in [1.82, 2.24) is 10.6 Å². The molecule has 0 spiro atoms. The molecule has 0 bridgehead atoms. The van der Waals surface area contributed by atoms with Gasteiger partial charge in [-0.3, -0.25) is 9.59 Å². The normalized spacial score (nSPS) is 20.4. The van der Waals surface area contributed by atoms with Crippen molar-refractivity contribution in [2.24, 2.45) is 0 Å². The average molecular weight is 352 g/mol. The number of alkyl halides is 1. The summed E-state index contributed by atoms with van der Waals surface area (Å²) in [4.78, 5) is 22.7. The number of hydrogen-bond acceptors (Lipinski definition) is 2. The Morgan fingerprint density at radius 2 is 2.18 bits per heavy atom. The molecule has 5 heteroatoms. The standard InChI is InChI=1S/C12H21IN2O2/c1-2-3-4-5-6-7-9(13)11(16)15-10-8-14-12(10)17/h9-10H,2-8H2,1H3,(H,14,17)(H,15,16)/t9?,10-/m0/s1. The second-order valence-electron chi connectivity index (χ2n) is 4.48. The molecule has 98 valence electrons. The fourth-order valence-electron chi connectivity index (χ4n) is 1.72. The molecule has 2 N–H and O–H groups in total. The smallest absolute Gasteiger partial charge is 0.244 e. The Bertz CT molecular complexity index is 271. The molecule has 0 aromatic carbocycles. The van der Waals surface area contributed by atoms with Crippen molar-refractivity contribution in [3.63, 3.8) is 0 Å². The molecule has 1 saturated heterocycles. The van der Waals surface area contributed by atoms with Gasteiger partial charge >= 0.3 is 0 Å². The fraction of sp³-hybridized carbons (Fsp3) is 0.833. The van der Waals surface area contributed by atoms with Gasteiger partial charge in [0.1, 0.15) is 6.04 Å². The highest BCUT2D eigenvalue weighted by Gasteiger charge is 2.30. The molecule has 1 aliphatic rings. The minimum atomic E-state index is -0.292. The average Bonchev–Trinajstić information content (AvgIpc) is 2.33. The number of nitrogens with one attached hydrogen (secondary N) is 2. The summed E-state index contributed by atoms with van der Waals surface area (Å²) < 4.78 is -0.0115. The van der Waals surface area contributed by atoms with Crippen LogP contribution in [0.4, 0.5) is 0 Å². The summed E-state index contributed by atoms with van der Waals surface area (Å²) in [6.07, 6.45) is 6.98. The predicted octanol–water partition coefficient (Wildman–Crippen LogP) is 1.77. The van der Waals surface area contributed by atoms with Gasteiger partial charge in [0.25, 0.3) is 0 Å². The zero-order chi connectivity index (χ0) is 12.7. The lowest BCUT2D eigenvalue weighted by Gasteiger charge is -2.27. The van der Waals surface area contributed by atoms with E-state index in [1.54, 1.807) is 0 Å². The van der Waals surface area contributed by atoms with Crippen molar-refractivity contribution in [2.45, 2.75) is 55.4 Å². The van der Waals surface area contributed by atoms with Crippen molar-refractivity contribution in [3.8, 4) is 0 Å². The number of carbonyl (C=O) groups is 2. The molecule has 0 aromatic heterocycles. The van der Waals surface area contributed by atoms with Gasteiger partial charge in [0, 0.05) is 6.54 Å². The van der Waals surface area contributed by atoms with Crippen molar-refractivity contribution in [3.05, 3.63) is 0 Å². The van der Waals surface area contributed by atoms with E-state index >= 15 is 0 Å². The van der Waals surface area contributed by atoms with Crippen LogP contribution < -0.4 is 10.6 Å². The molecule has 0 aromatic rings. The van der Waals surface area contributed by atoms with E-state index < -0.39 is 0 Å². The van der Waals surface area contributed by atoms with Crippen LogP contribution in [-0.4, -0.2) is 28.3 Å². The molecule has 2 amide bonds. The van der Waals surface area contributed by atoms with E-state index in [2.05, 4.69) is 40.1 Å². The van der Waals surface area contributed by atoms with E-state index in [9.17, 15) is 9.59 Å². The monoisotopic (exact) mass is 352 g/mol. The molecule has 0 aliphatic carbocycles. The van der Waals surface area contributed by atoms with Crippen molar-refractivity contribution in [2.75, 3.05) is 6.54 Å². The van der Waals surface area contributed by atoms with Crippen LogP contribution in [-0.2, 0) is 9.59 Å². The van der Waals surface area contributed by atoms with Gasteiger partial charge < -0.3 is 10.6 Å². The van der Waals surface area contributed by atoms with Crippen LogP contribution >= 0.6 is 22.6 Å². The molecular formula is C12H21IN2O2. The zero-order valence-corrected chi connectivity index (χ0v) is 12.5. The summed E-state index contributed by atoms with van der Waals surface area (Å²) in [5.74, 6) is -0.0640. The summed E-state index contributed by atoms with van der Waals surface area (Å²) in [6, 6.07) is -0.292. The van der Waals surface area contributed by atoms with Gasteiger partial charge in [-0.25, -0.2) is 0 Å². The lowest BCUT2D eigenvalue weighted by Crippen LogP contribution is -2.62. The van der Waals surface area contributed by atoms with Gasteiger partial charge in [-0.2, -0.15) is 0 Å². The Labute approximate surface area is 116 Å². The quantitative estimate of drug-likeness (QED) is 0.303. The third-order valence-corrected chi connectivity index (χ3v) is 4.15. The second kappa shape index (κ2) is 7.89. The van der Waals surface area contributed by atoms with Crippen molar-refractivity contribution < 1.29 is 9.59 Å². The highest BCUT2D eigenvalue weighted by molar-refractivity contribution is 14.1. The minimum Gasteiger partial charge on any atom is -0.352 e. The SMILES string of the molecule is CCCCCCCC(I)C(=O)N[C@H]1CNC1=O. The Balaban J connectivity index is 2.07. The van der Waals surface area contributed by atoms with Gasteiger partial charge in [0.05, 0.1) is 3.92 Å². The number of β-lactam (4-membered cyclic amide) rings is 1. The van der Waals surface area contributed by atoms with Gasteiger partial charge in [-0.05, 0) is 6.42 Å². The summed E-state index contributed by atoms with van der Waals surface area (Å²) >= 11 is 2.17. The van der Waals surface area contributed by atoms with Gasteiger partial charge in [0.15, 0.2) is 0 Å². The largest absolute Gasteiger partial charge is 0.352 e. The first kappa shape index (κ1) is 14.7. The third kappa shape index (κ3) is 5.23. The maximum atomic E-state index is 11.7. The first-order valence-electron chi connectivity index (χ1n) is 6.37. The van der Waals surface area contributed by atoms with E-state index in [4.69, 9.17) is 0 Å². The molecule has 1 unspecified atom stereocenters.